The Hall–Kier alpha value is -2.64. The SMILES string of the molecule is COCCN1C(=S)N[C@H](c2ccccn2)[C@@H]1c1cc(C)n(Cc2ccco2)c1C. The molecule has 4 heterocycles. The molecule has 1 aliphatic rings. The minimum absolute atomic E-state index is 0.0156. The summed E-state index contributed by atoms with van der Waals surface area (Å²) in [4.78, 5) is 6.82. The Balaban J connectivity index is 1.74. The lowest BCUT2D eigenvalue weighted by Crippen LogP contribution is -2.32. The highest BCUT2D eigenvalue weighted by atomic mass is 32.1. The molecule has 0 radical (unpaired) electrons. The molecule has 3 aromatic heterocycles. The highest BCUT2D eigenvalue weighted by molar-refractivity contribution is 7.80. The summed E-state index contributed by atoms with van der Waals surface area (Å²) in [5.74, 6) is 0.941. The molecule has 0 aliphatic carbocycles. The van der Waals surface area contributed by atoms with Crippen LogP contribution in [0.4, 0.5) is 0 Å². The van der Waals surface area contributed by atoms with E-state index in [1.807, 2.05) is 30.5 Å². The molecule has 7 heteroatoms. The van der Waals surface area contributed by atoms with Crippen molar-refractivity contribution >= 4 is 17.3 Å². The van der Waals surface area contributed by atoms with Crippen LogP contribution in [0.25, 0.3) is 0 Å². The molecule has 1 N–H and O–H groups in total. The van der Waals surface area contributed by atoms with Crippen LogP contribution in [0.1, 0.15) is 40.5 Å². The largest absolute Gasteiger partial charge is 0.467 e. The van der Waals surface area contributed by atoms with Gasteiger partial charge in [0.1, 0.15) is 5.76 Å². The maximum atomic E-state index is 5.69. The molecule has 152 valence electrons. The molecule has 0 amide bonds. The summed E-state index contributed by atoms with van der Waals surface area (Å²) in [6, 6.07) is 12.2. The van der Waals surface area contributed by atoms with E-state index in [4.69, 9.17) is 21.4 Å². The Morgan fingerprint density at radius 1 is 1.24 bits per heavy atom. The number of thiocarbonyl (C=S) groups is 1. The van der Waals surface area contributed by atoms with Gasteiger partial charge in [-0.3, -0.25) is 4.98 Å². The van der Waals surface area contributed by atoms with Gasteiger partial charge in [0.2, 0.25) is 0 Å². The molecule has 0 saturated carbocycles. The van der Waals surface area contributed by atoms with Gasteiger partial charge in [-0.15, -0.1) is 0 Å². The van der Waals surface area contributed by atoms with Crippen molar-refractivity contribution < 1.29 is 9.15 Å². The van der Waals surface area contributed by atoms with Crippen molar-refractivity contribution in [3.63, 3.8) is 0 Å². The summed E-state index contributed by atoms with van der Waals surface area (Å²) >= 11 is 5.69. The Kier molecular flexibility index (Phi) is 5.69. The Morgan fingerprint density at radius 3 is 2.79 bits per heavy atom. The average Bonchev–Trinajstić information content (AvgIpc) is 3.42. The second-order valence-electron chi connectivity index (χ2n) is 7.30. The lowest BCUT2D eigenvalue weighted by Gasteiger charge is -2.28. The first-order valence-corrected chi connectivity index (χ1v) is 10.2. The molecule has 0 aromatic carbocycles. The number of ether oxygens (including phenoxy) is 1. The predicted molar refractivity (Wildman–Crippen MR) is 116 cm³/mol. The fraction of sp³-hybridized carbons (Fsp3) is 0.364. The minimum Gasteiger partial charge on any atom is -0.467 e. The van der Waals surface area contributed by atoms with Gasteiger partial charge in [-0.25, -0.2) is 0 Å². The van der Waals surface area contributed by atoms with Gasteiger partial charge < -0.3 is 23.9 Å². The summed E-state index contributed by atoms with van der Waals surface area (Å²) in [7, 11) is 1.72. The second kappa shape index (κ2) is 8.39. The quantitative estimate of drug-likeness (QED) is 0.599. The van der Waals surface area contributed by atoms with Crippen molar-refractivity contribution in [1.29, 1.82) is 0 Å². The number of pyridine rings is 1. The number of nitrogens with zero attached hydrogens (tertiary/aromatic N) is 3. The number of rotatable bonds is 7. The van der Waals surface area contributed by atoms with Gasteiger partial charge >= 0.3 is 0 Å². The molecule has 6 nitrogen and oxygen atoms in total. The van der Waals surface area contributed by atoms with Gasteiger partial charge in [0, 0.05) is 31.2 Å². The Bertz CT molecular complexity index is 968. The van der Waals surface area contributed by atoms with E-state index < -0.39 is 0 Å². The standard InChI is InChI=1S/C22H26N4O2S/c1-15-13-18(16(2)26(15)14-17-7-6-11-28-17)21-20(19-8-4-5-9-23-19)24-22(29)25(21)10-12-27-3/h4-9,11,13,20-21H,10,12,14H2,1-3H3,(H,24,29)/t20-,21+/m1/s1. The van der Waals surface area contributed by atoms with Crippen LogP contribution in [0.2, 0.25) is 0 Å². The zero-order valence-corrected chi connectivity index (χ0v) is 17.8. The predicted octanol–water partition coefficient (Wildman–Crippen LogP) is 3.76. The lowest BCUT2D eigenvalue weighted by atomic mass is 9.97. The van der Waals surface area contributed by atoms with Crippen LogP contribution in [0.3, 0.4) is 0 Å². The van der Waals surface area contributed by atoms with Crippen LogP contribution in [-0.4, -0.2) is 39.8 Å². The van der Waals surface area contributed by atoms with Gasteiger partial charge in [0.25, 0.3) is 0 Å². The molecular formula is C22H26N4O2S. The maximum Gasteiger partial charge on any atom is 0.170 e. The molecule has 0 spiro atoms. The molecule has 2 atom stereocenters. The van der Waals surface area contributed by atoms with Gasteiger partial charge in [0.15, 0.2) is 5.11 Å². The molecule has 0 bridgehead atoms. The zero-order valence-electron chi connectivity index (χ0n) is 17.0. The molecular weight excluding hydrogens is 384 g/mol. The van der Waals surface area contributed by atoms with Crippen molar-refractivity contribution in [2.24, 2.45) is 0 Å². The van der Waals surface area contributed by atoms with Gasteiger partial charge in [-0.2, -0.15) is 0 Å². The molecule has 0 unspecified atom stereocenters. The van der Waals surface area contributed by atoms with E-state index in [1.165, 1.54) is 17.0 Å². The molecule has 3 aromatic rings. The highest BCUT2D eigenvalue weighted by Crippen LogP contribution is 2.40. The van der Waals surface area contributed by atoms with Crippen molar-refractivity contribution in [3.8, 4) is 0 Å². The fourth-order valence-corrected chi connectivity index (χ4v) is 4.44. The van der Waals surface area contributed by atoms with E-state index in [2.05, 4.69) is 45.7 Å². The number of methoxy groups -OCH3 is 1. The van der Waals surface area contributed by atoms with Crippen molar-refractivity contribution in [2.75, 3.05) is 20.3 Å². The summed E-state index contributed by atoms with van der Waals surface area (Å²) < 4.78 is 13.2. The van der Waals surface area contributed by atoms with Gasteiger partial charge in [0.05, 0.1) is 37.2 Å². The van der Waals surface area contributed by atoms with E-state index in [-0.39, 0.29) is 12.1 Å². The van der Waals surface area contributed by atoms with Crippen molar-refractivity contribution in [1.82, 2.24) is 19.8 Å². The lowest BCUT2D eigenvalue weighted by molar-refractivity contribution is 0.164. The number of aromatic nitrogens is 2. The summed E-state index contributed by atoms with van der Waals surface area (Å²) in [6.07, 6.45) is 3.54. The van der Waals surface area contributed by atoms with Crippen LogP contribution >= 0.6 is 12.2 Å². The fourth-order valence-electron chi connectivity index (χ4n) is 4.10. The van der Waals surface area contributed by atoms with E-state index in [0.717, 1.165) is 23.1 Å². The third kappa shape index (κ3) is 3.80. The van der Waals surface area contributed by atoms with Crippen LogP contribution in [-0.2, 0) is 11.3 Å². The van der Waals surface area contributed by atoms with Crippen LogP contribution in [0, 0.1) is 13.8 Å². The summed E-state index contributed by atoms with van der Waals surface area (Å²) in [5.41, 5.74) is 4.63. The van der Waals surface area contributed by atoms with E-state index in [9.17, 15) is 0 Å². The number of furan rings is 1. The van der Waals surface area contributed by atoms with E-state index in [1.54, 1.807) is 13.4 Å². The van der Waals surface area contributed by atoms with Crippen LogP contribution < -0.4 is 5.32 Å². The number of aryl methyl sites for hydroxylation is 1. The molecule has 29 heavy (non-hydrogen) atoms. The number of nitrogens with one attached hydrogen (secondary N) is 1. The molecule has 1 fully saturated rings. The van der Waals surface area contributed by atoms with Crippen LogP contribution in [0.15, 0.2) is 53.3 Å². The monoisotopic (exact) mass is 410 g/mol. The normalized spacial score (nSPS) is 19.0. The molecule has 1 saturated heterocycles. The summed E-state index contributed by atoms with van der Waals surface area (Å²) in [6.45, 7) is 6.34. The first-order chi connectivity index (χ1) is 14.1. The Morgan fingerprint density at radius 2 is 2.10 bits per heavy atom. The number of hydrogen-bond donors (Lipinski definition) is 1. The van der Waals surface area contributed by atoms with E-state index >= 15 is 0 Å². The summed E-state index contributed by atoms with van der Waals surface area (Å²) in [5, 5.41) is 4.23. The maximum absolute atomic E-state index is 5.69. The highest BCUT2D eigenvalue weighted by Gasteiger charge is 2.41. The molecule has 1 aliphatic heterocycles. The second-order valence-corrected chi connectivity index (χ2v) is 7.69. The first-order valence-electron chi connectivity index (χ1n) is 9.76. The van der Waals surface area contributed by atoms with Gasteiger partial charge in [-0.1, -0.05) is 6.07 Å². The Labute approximate surface area is 176 Å². The van der Waals surface area contributed by atoms with Crippen LogP contribution in [0.5, 0.6) is 0 Å². The van der Waals surface area contributed by atoms with E-state index in [0.29, 0.717) is 13.2 Å². The number of hydrogen-bond acceptors (Lipinski definition) is 4. The van der Waals surface area contributed by atoms with Gasteiger partial charge in [-0.05, 0) is 62.0 Å². The smallest absolute Gasteiger partial charge is 0.170 e. The third-order valence-electron chi connectivity index (χ3n) is 5.56. The first kappa shape index (κ1) is 19.7. The van der Waals surface area contributed by atoms with Crippen molar-refractivity contribution in [3.05, 3.63) is 77.3 Å². The zero-order chi connectivity index (χ0) is 20.4. The minimum atomic E-state index is -0.0156. The average molecular weight is 411 g/mol. The third-order valence-corrected chi connectivity index (χ3v) is 5.91. The van der Waals surface area contributed by atoms with Crippen molar-refractivity contribution in [2.45, 2.75) is 32.5 Å². The molecule has 4 rings (SSSR count). The topological polar surface area (TPSA) is 55.5 Å².